The van der Waals surface area contributed by atoms with Crippen LogP contribution in [0, 0.1) is 0 Å². The molecule has 0 aliphatic carbocycles. The molecule has 1 saturated heterocycles. The molecule has 1 fully saturated rings. The molecule has 1 atom stereocenters. The number of β-amino-alcohol motifs (C(OH)–C–C–N with tert-alkyl or cyclic N) is 1. The Morgan fingerprint density at radius 1 is 1.30 bits per heavy atom. The van der Waals surface area contributed by atoms with Crippen molar-refractivity contribution in [2.24, 2.45) is 0 Å². The minimum Gasteiger partial charge on any atom is -0.390 e. The Morgan fingerprint density at radius 3 is 2.83 bits per heavy atom. The van der Waals surface area contributed by atoms with Crippen molar-refractivity contribution in [1.82, 2.24) is 25.5 Å². The summed E-state index contributed by atoms with van der Waals surface area (Å²) in [5, 5.41) is 19.8. The second-order valence-electron chi connectivity index (χ2n) is 8.03. The first kappa shape index (κ1) is 20.7. The van der Waals surface area contributed by atoms with Crippen molar-refractivity contribution in [2.75, 3.05) is 38.0 Å². The molecule has 2 aromatic rings. The molecule has 0 bridgehead atoms. The second kappa shape index (κ2) is 9.51. The van der Waals surface area contributed by atoms with Crippen LogP contribution in [0.15, 0.2) is 30.3 Å². The van der Waals surface area contributed by atoms with Crippen LogP contribution >= 0.6 is 0 Å². The maximum Gasteiger partial charge on any atom is 0.270 e. The molecule has 0 spiro atoms. The van der Waals surface area contributed by atoms with E-state index in [-0.39, 0.29) is 12.5 Å². The fourth-order valence-corrected chi connectivity index (χ4v) is 3.82. The van der Waals surface area contributed by atoms with Crippen molar-refractivity contribution in [3.8, 4) is 0 Å². The van der Waals surface area contributed by atoms with Crippen molar-refractivity contribution in [1.29, 1.82) is 0 Å². The van der Waals surface area contributed by atoms with Crippen LogP contribution in [0.5, 0.6) is 0 Å². The fraction of sp³-hybridized carbons (Fsp3) is 0.500. The quantitative estimate of drug-likeness (QED) is 0.505. The third kappa shape index (κ3) is 5.13. The first-order valence-corrected chi connectivity index (χ1v) is 10.7. The average Bonchev–Trinajstić information content (AvgIpc) is 2.74. The Kier molecular flexibility index (Phi) is 6.56. The highest BCUT2D eigenvalue weighted by Crippen LogP contribution is 2.18. The first-order valence-electron chi connectivity index (χ1n) is 10.7. The van der Waals surface area contributed by atoms with Crippen molar-refractivity contribution >= 4 is 11.7 Å². The first-order chi connectivity index (χ1) is 14.6. The number of nitrogens with zero attached hydrogens (tertiary/aromatic N) is 3. The number of nitrogens with one attached hydrogen (secondary N) is 3. The minimum atomic E-state index is -0.634. The van der Waals surface area contributed by atoms with Gasteiger partial charge in [0.2, 0.25) is 0 Å². The zero-order chi connectivity index (χ0) is 20.9. The molecule has 8 nitrogen and oxygen atoms in total. The monoisotopic (exact) mass is 410 g/mol. The summed E-state index contributed by atoms with van der Waals surface area (Å²) in [5.41, 5.74) is 3.03. The maximum atomic E-state index is 12.6. The van der Waals surface area contributed by atoms with Crippen molar-refractivity contribution < 1.29 is 9.90 Å². The standard InChI is InChI=1S/C22H30N6O2/c1-2-20-26-19(9-21(27-20)25-17-10-23-11-17)22(30)24-12-18(29)14-28-8-7-15-5-3-4-6-16(15)13-28/h3-6,9,17-18,23,29H,2,7-8,10-14H2,1H3,(H,24,30)(H,25,26,27)/t18-/m0/s1. The number of carbonyl (C=O) groups is 1. The molecule has 30 heavy (non-hydrogen) atoms. The highest BCUT2D eigenvalue weighted by Gasteiger charge is 2.21. The number of aliphatic hydroxyl groups excluding tert-OH is 1. The van der Waals surface area contributed by atoms with Crippen molar-refractivity contribution in [2.45, 2.75) is 38.5 Å². The molecule has 0 unspecified atom stereocenters. The Balaban J connectivity index is 1.30. The van der Waals surface area contributed by atoms with E-state index < -0.39 is 6.10 Å². The van der Waals surface area contributed by atoms with E-state index in [0.29, 0.717) is 36.3 Å². The van der Waals surface area contributed by atoms with Gasteiger partial charge in [-0.1, -0.05) is 31.2 Å². The number of anilines is 1. The minimum absolute atomic E-state index is 0.192. The lowest BCUT2D eigenvalue weighted by Gasteiger charge is -2.30. The lowest BCUT2D eigenvalue weighted by Crippen LogP contribution is -2.51. The molecule has 3 heterocycles. The molecular formula is C22H30N6O2. The molecule has 8 heteroatoms. The van der Waals surface area contributed by atoms with Gasteiger partial charge in [0.15, 0.2) is 0 Å². The van der Waals surface area contributed by atoms with E-state index in [0.717, 1.165) is 32.6 Å². The third-order valence-corrected chi connectivity index (χ3v) is 5.63. The Bertz CT molecular complexity index is 886. The van der Waals surface area contributed by atoms with Crippen molar-refractivity contribution in [3.05, 3.63) is 53.0 Å². The molecule has 1 aromatic heterocycles. The molecule has 4 N–H and O–H groups in total. The van der Waals surface area contributed by atoms with Crippen molar-refractivity contribution in [3.63, 3.8) is 0 Å². The number of fused-ring (bicyclic) bond motifs is 1. The SMILES string of the molecule is CCc1nc(NC2CNC2)cc(C(=O)NC[C@H](O)CN2CCc3ccccc3C2)n1. The Labute approximate surface area is 177 Å². The van der Waals surface area contributed by atoms with Gasteiger partial charge in [-0.05, 0) is 17.5 Å². The van der Waals surface area contributed by atoms with Crippen LogP contribution < -0.4 is 16.0 Å². The summed E-state index contributed by atoms with van der Waals surface area (Å²) >= 11 is 0. The second-order valence-corrected chi connectivity index (χ2v) is 8.03. The molecule has 0 radical (unpaired) electrons. The van der Waals surface area contributed by atoms with Gasteiger partial charge in [0.1, 0.15) is 17.3 Å². The summed E-state index contributed by atoms with van der Waals surface area (Å²) in [7, 11) is 0. The predicted molar refractivity (Wildman–Crippen MR) is 115 cm³/mol. The van der Waals surface area contributed by atoms with E-state index >= 15 is 0 Å². The smallest absolute Gasteiger partial charge is 0.270 e. The van der Waals surface area contributed by atoms with E-state index in [1.807, 2.05) is 6.92 Å². The number of aromatic nitrogens is 2. The number of rotatable bonds is 8. The molecule has 2 aliphatic rings. The summed E-state index contributed by atoms with van der Waals surface area (Å²) in [6, 6.07) is 10.4. The molecule has 160 valence electrons. The number of hydrogen-bond donors (Lipinski definition) is 4. The van der Waals surface area contributed by atoms with E-state index in [1.54, 1.807) is 6.07 Å². The van der Waals surface area contributed by atoms with Gasteiger partial charge in [-0.3, -0.25) is 9.69 Å². The number of aliphatic hydroxyl groups is 1. The summed E-state index contributed by atoms with van der Waals surface area (Å²) in [6.45, 7) is 6.21. The van der Waals surface area contributed by atoms with Crippen LogP contribution in [-0.4, -0.2) is 70.8 Å². The molecule has 1 amide bonds. The van der Waals surface area contributed by atoms with E-state index in [2.05, 4.69) is 55.1 Å². The summed E-state index contributed by atoms with van der Waals surface area (Å²) in [6.07, 6.45) is 1.00. The fourth-order valence-electron chi connectivity index (χ4n) is 3.82. The zero-order valence-corrected chi connectivity index (χ0v) is 17.4. The van der Waals surface area contributed by atoms with Crippen LogP contribution in [0.1, 0.15) is 34.4 Å². The topological polar surface area (TPSA) is 102 Å². The highest BCUT2D eigenvalue weighted by molar-refractivity contribution is 5.92. The molecular weight excluding hydrogens is 380 g/mol. The number of aryl methyl sites for hydroxylation is 1. The van der Waals surface area contributed by atoms with E-state index in [4.69, 9.17) is 0 Å². The molecule has 4 rings (SSSR count). The zero-order valence-electron chi connectivity index (χ0n) is 17.4. The van der Waals surface area contributed by atoms with E-state index in [9.17, 15) is 9.90 Å². The molecule has 0 saturated carbocycles. The normalized spacial score (nSPS) is 17.7. The van der Waals surface area contributed by atoms with Crippen LogP contribution in [0.25, 0.3) is 0 Å². The van der Waals surface area contributed by atoms with Gasteiger partial charge >= 0.3 is 0 Å². The van der Waals surface area contributed by atoms with Gasteiger partial charge in [-0.25, -0.2) is 9.97 Å². The Hall–Kier alpha value is -2.55. The number of benzene rings is 1. The third-order valence-electron chi connectivity index (χ3n) is 5.63. The molecule has 2 aliphatic heterocycles. The van der Waals surface area contributed by atoms with Gasteiger partial charge in [-0.2, -0.15) is 0 Å². The number of carbonyl (C=O) groups excluding carboxylic acids is 1. The maximum absolute atomic E-state index is 12.6. The Morgan fingerprint density at radius 2 is 2.10 bits per heavy atom. The summed E-state index contributed by atoms with van der Waals surface area (Å²) in [5.74, 6) is 1.01. The van der Waals surface area contributed by atoms with Gasteiger partial charge in [-0.15, -0.1) is 0 Å². The van der Waals surface area contributed by atoms with Crippen LogP contribution in [0.3, 0.4) is 0 Å². The predicted octanol–water partition coefficient (Wildman–Crippen LogP) is 0.572. The number of hydrogen-bond acceptors (Lipinski definition) is 7. The highest BCUT2D eigenvalue weighted by atomic mass is 16.3. The van der Waals surface area contributed by atoms with Crippen LogP contribution in [-0.2, 0) is 19.4 Å². The lowest BCUT2D eigenvalue weighted by atomic mass is 10.00. The van der Waals surface area contributed by atoms with Gasteiger partial charge in [0, 0.05) is 51.8 Å². The van der Waals surface area contributed by atoms with Crippen LogP contribution in [0.2, 0.25) is 0 Å². The summed E-state index contributed by atoms with van der Waals surface area (Å²) in [4.78, 5) is 23.7. The largest absolute Gasteiger partial charge is 0.390 e. The van der Waals surface area contributed by atoms with Gasteiger partial charge in [0.25, 0.3) is 5.91 Å². The molecule has 1 aromatic carbocycles. The lowest BCUT2D eigenvalue weighted by molar-refractivity contribution is 0.0837. The number of amides is 1. The van der Waals surface area contributed by atoms with Crippen LogP contribution in [0.4, 0.5) is 5.82 Å². The average molecular weight is 411 g/mol. The van der Waals surface area contributed by atoms with Gasteiger partial charge < -0.3 is 21.1 Å². The van der Waals surface area contributed by atoms with Gasteiger partial charge in [0.05, 0.1) is 12.1 Å². The van der Waals surface area contributed by atoms with E-state index in [1.165, 1.54) is 11.1 Å². The summed E-state index contributed by atoms with van der Waals surface area (Å²) < 4.78 is 0.